The van der Waals surface area contributed by atoms with E-state index >= 15 is 0 Å². The second kappa shape index (κ2) is 5.93. The van der Waals surface area contributed by atoms with Gasteiger partial charge in [0.25, 0.3) is 0 Å². The van der Waals surface area contributed by atoms with Crippen LogP contribution < -0.4 is 5.32 Å². The molecular formula is C12H20N2O3S. The molecule has 1 aliphatic carbocycles. The van der Waals surface area contributed by atoms with Crippen molar-refractivity contribution >= 4 is 23.6 Å². The second-order valence-electron chi connectivity index (χ2n) is 4.89. The number of aliphatic carboxylic acids is 1. The molecule has 5 nitrogen and oxygen atoms in total. The summed E-state index contributed by atoms with van der Waals surface area (Å²) >= 11 is 1.59. The van der Waals surface area contributed by atoms with Crippen molar-refractivity contribution in [1.29, 1.82) is 0 Å². The molecule has 0 radical (unpaired) electrons. The number of carboxylic acid groups (broad SMARTS) is 1. The van der Waals surface area contributed by atoms with Crippen LogP contribution in [0.25, 0.3) is 0 Å². The molecule has 2 atom stereocenters. The van der Waals surface area contributed by atoms with Gasteiger partial charge in [0.15, 0.2) is 0 Å². The van der Waals surface area contributed by atoms with Crippen LogP contribution in [-0.2, 0) is 9.59 Å². The Balaban J connectivity index is 1.96. The van der Waals surface area contributed by atoms with E-state index in [0.717, 1.165) is 25.7 Å². The summed E-state index contributed by atoms with van der Waals surface area (Å²) in [5, 5.41) is 12.4. The summed E-state index contributed by atoms with van der Waals surface area (Å²) in [6.07, 6.45) is 4.08. The van der Waals surface area contributed by atoms with Crippen LogP contribution in [0.3, 0.4) is 0 Å². The molecule has 102 valence electrons. The van der Waals surface area contributed by atoms with E-state index in [4.69, 9.17) is 0 Å². The van der Waals surface area contributed by atoms with Crippen molar-refractivity contribution in [1.82, 2.24) is 10.2 Å². The fourth-order valence-corrected chi connectivity index (χ4v) is 3.70. The third-order valence-electron chi connectivity index (χ3n) is 3.32. The third kappa shape index (κ3) is 3.17. The lowest BCUT2D eigenvalue weighted by atomic mass is 10.2. The Morgan fingerprint density at radius 3 is 2.72 bits per heavy atom. The number of hydrogen-bond donors (Lipinski definition) is 2. The van der Waals surface area contributed by atoms with Gasteiger partial charge in [-0.15, -0.1) is 11.8 Å². The highest BCUT2D eigenvalue weighted by Gasteiger charge is 2.41. The van der Waals surface area contributed by atoms with Crippen LogP contribution in [0.15, 0.2) is 0 Å². The molecular weight excluding hydrogens is 252 g/mol. The first-order valence-corrected chi connectivity index (χ1v) is 7.57. The van der Waals surface area contributed by atoms with Gasteiger partial charge in [-0.1, -0.05) is 13.3 Å². The number of carboxylic acids is 1. The number of rotatable bonds is 6. The highest BCUT2D eigenvalue weighted by Crippen LogP contribution is 2.32. The number of carbonyl (C=O) groups excluding carboxylic acids is 1. The number of nitrogens with one attached hydrogen (secondary N) is 1. The topological polar surface area (TPSA) is 69.6 Å². The molecule has 0 aromatic heterocycles. The van der Waals surface area contributed by atoms with Crippen molar-refractivity contribution in [3.63, 3.8) is 0 Å². The van der Waals surface area contributed by atoms with Crippen LogP contribution in [0.4, 0.5) is 0 Å². The fraction of sp³-hybridized carbons (Fsp3) is 0.833. The Bertz CT molecular complexity index is 333. The van der Waals surface area contributed by atoms with Crippen molar-refractivity contribution < 1.29 is 14.7 Å². The standard InChI is InChI=1S/C12H20N2O3S/c1-2-3-11-14(9(7-18-11)12(16)17)10(15)6-13-8-4-5-8/h8-9,11,13H,2-7H2,1H3,(H,16,17). The number of amides is 1. The molecule has 1 saturated heterocycles. The number of hydrogen-bond acceptors (Lipinski definition) is 4. The Morgan fingerprint density at radius 2 is 2.17 bits per heavy atom. The van der Waals surface area contributed by atoms with E-state index in [-0.39, 0.29) is 17.8 Å². The summed E-state index contributed by atoms with van der Waals surface area (Å²) in [6, 6.07) is -0.183. The normalized spacial score (nSPS) is 27.5. The zero-order valence-electron chi connectivity index (χ0n) is 10.6. The van der Waals surface area contributed by atoms with Gasteiger partial charge in [0.1, 0.15) is 6.04 Å². The third-order valence-corrected chi connectivity index (χ3v) is 4.68. The lowest BCUT2D eigenvalue weighted by Gasteiger charge is -2.27. The Labute approximate surface area is 111 Å². The van der Waals surface area contributed by atoms with Crippen LogP contribution in [0.1, 0.15) is 32.6 Å². The van der Waals surface area contributed by atoms with E-state index in [1.54, 1.807) is 16.7 Å². The maximum absolute atomic E-state index is 12.2. The summed E-state index contributed by atoms with van der Waals surface area (Å²) in [5.74, 6) is -0.451. The van der Waals surface area contributed by atoms with E-state index < -0.39 is 12.0 Å². The molecule has 6 heteroatoms. The molecule has 2 unspecified atom stereocenters. The maximum atomic E-state index is 12.2. The molecule has 0 spiro atoms. The van der Waals surface area contributed by atoms with Gasteiger partial charge in [-0.2, -0.15) is 0 Å². The minimum Gasteiger partial charge on any atom is -0.480 e. The van der Waals surface area contributed by atoms with E-state index in [1.165, 1.54) is 0 Å². The summed E-state index contributed by atoms with van der Waals surface area (Å²) in [5.41, 5.74) is 0. The van der Waals surface area contributed by atoms with Gasteiger partial charge in [0.05, 0.1) is 11.9 Å². The lowest BCUT2D eigenvalue weighted by Crippen LogP contribution is -2.49. The lowest BCUT2D eigenvalue weighted by molar-refractivity contribution is -0.148. The Kier molecular flexibility index (Phi) is 4.50. The smallest absolute Gasteiger partial charge is 0.327 e. The molecule has 2 fully saturated rings. The predicted octanol–water partition coefficient (Wildman–Crippen LogP) is 0.893. The van der Waals surface area contributed by atoms with Gasteiger partial charge < -0.3 is 15.3 Å². The molecule has 2 N–H and O–H groups in total. The minimum absolute atomic E-state index is 0.0320. The minimum atomic E-state index is -0.888. The quantitative estimate of drug-likeness (QED) is 0.751. The highest BCUT2D eigenvalue weighted by molar-refractivity contribution is 8.00. The molecule has 1 heterocycles. The molecule has 18 heavy (non-hydrogen) atoms. The first kappa shape index (κ1) is 13.7. The molecule has 2 aliphatic rings. The summed E-state index contributed by atoms with van der Waals surface area (Å²) in [4.78, 5) is 24.9. The number of carbonyl (C=O) groups is 2. The molecule has 0 bridgehead atoms. The monoisotopic (exact) mass is 272 g/mol. The predicted molar refractivity (Wildman–Crippen MR) is 70.4 cm³/mol. The van der Waals surface area contributed by atoms with E-state index in [9.17, 15) is 14.7 Å². The molecule has 0 aromatic rings. The second-order valence-corrected chi connectivity index (χ2v) is 6.10. The average molecular weight is 272 g/mol. The van der Waals surface area contributed by atoms with Gasteiger partial charge in [-0.25, -0.2) is 4.79 Å². The summed E-state index contributed by atoms with van der Waals surface area (Å²) in [7, 11) is 0. The largest absolute Gasteiger partial charge is 0.480 e. The molecule has 1 aliphatic heterocycles. The molecule has 1 amide bonds. The first-order valence-electron chi connectivity index (χ1n) is 6.52. The van der Waals surface area contributed by atoms with E-state index in [0.29, 0.717) is 11.8 Å². The van der Waals surface area contributed by atoms with Crippen molar-refractivity contribution in [3.8, 4) is 0 Å². The van der Waals surface area contributed by atoms with Crippen molar-refractivity contribution in [3.05, 3.63) is 0 Å². The zero-order valence-corrected chi connectivity index (χ0v) is 11.4. The van der Waals surface area contributed by atoms with Gasteiger partial charge in [-0.3, -0.25) is 4.79 Å². The summed E-state index contributed by atoms with van der Waals surface area (Å²) in [6.45, 7) is 2.33. The van der Waals surface area contributed by atoms with Crippen molar-refractivity contribution in [2.24, 2.45) is 0 Å². The van der Waals surface area contributed by atoms with E-state index in [1.807, 2.05) is 0 Å². The Morgan fingerprint density at radius 1 is 1.44 bits per heavy atom. The molecule has 2 rings (SSSR count). The van der Waals surface area contributed by atoms with Gasteiger partial charge in [-0.05, 0) is 19.3 Å². The fourth-order valence-electron chi connectivity index (χ4n) is 2.17. The van der Waals surface area contributed by atoms with Gasteiger partial charge >= 0.3 is 5.97 Å². The summed E-state index contributed by atoms with van der Waals surface area (Å²) < 4.78 is 0. The Hall–Kier alpha value is -0.750. The SMILES string of the molecule is CCCC1SCC(C(=O)O)N1C(=O)CNC1CC1. The van der Waals surface area contributed by atoms with Crippen LogP contribution >= 0.6 is 11.8 Å². The van der Waals surface area contributed by atoms with Gasteiger partial charge in [0.2, 0.25) is 5.91 Å². The average Bonchev–Trinajstić information content (AvgIpc) is 3.06. The highest BCUT2D eigenvalue weighted by atomic mass is 32.2. The van der Waals surface area contributed by atoms with Gasteiger partial charge in [0, 0.05) is 11.8 Å². The maximum Gasteiger partial charge on any atom is 0.327 e. The van der Waals surface area contributed by atoms with E-state index in [2.05, 4.69) is 12.2 Å². The first-order chi connectivity index (χ1) is 8.63. The number of nitrogens with zero attached hydrogens (tertiary/aromatic N) is 1. The van der Waals surface area contributed by atoms with Crippen LogP contribution in [0, 0.1) is 0 Å². The van der Waals surface area contributed by atoms with Crippen LogP contribution in [0.5, 0.6) is 0 Å². The molecule has 1 saturated carbocycles. The van der Waals surface area contributed by atoms with Crippen molar-refractivity contribution in [2.45, 2.75) is 50.1 Å². The zero-order chi connectivity index (χ0) is 13.1. The van der Waals surface area contributed by atoms with Crippen LogP contribution in [-0.4, -0.2) is 51.6 Å². The molecule has 0 aromatic carbocycles. The number of thioether (sulfide) groups is 1. The van der Waals surface area contributed by atoms with Crippen LogP contribution in [0.2, 0.25) is 0 Å². The van der Waals surface area contributed by atoms with Crippen molar-refractivity contribution in [2.75, 3.05) is 12.3 Å².